The zero-order valence-corrected chi connectivity index (χ0v) is 18.3. The smallest absolute Gasteiger partial charge is 0.277 e. The van der Waals surface area contributed by atoms with E-state index in [1.165, 1.54) is 14.2 Å². The van der Waals surface area contributed by atoms with E-state index in [0.717, 1.165) is 10.5 Å². The van der Waals surface area contributed by atoms with Crippen molar-refractivity contribution in [1.29, 1.82) is 0 Å². The molecule has 0 aliphatic carbocycles. The second-order valence-corrected chi connectivity index (χ2v) is 7.35. The van der Waals surface area contributed by atoms with Gasteiger partial charge in [-0.2, -0.15) is 0 Å². The van der Waals surface area contributed by atoms with Gasteiger partial charge < -0.3 is 14.2 Å². The van der Waals surface area contributed by atoms with Crippen molar-refractivity contribution in [3.8, 4) is 17.2 Å². The molecule has 3 aromatic carbocycles. The van der Waals surface area contributed by atoms with Gasteiger partial charge in [-0.15, -0.1) is 0 Å². The molecule has 0 unspecified atom stereocenters. The number of rotatable bonds is 7. The number of amides is 2. The number of methoxy groups -OCH3 is 2. The van der Waals surface area contributed by atoms with Crippen molar-refractivity contribution < 1.29 is 23.8 Å². The highest BCUT2D eigenvalue weighted by atomic mass is 35.5. The minimum Gasteiger partial charge on any atom is -0.493 e. The third-order valence-corrected chi connectivity index (χ3v) is 5.39. The molecular weight excluding hydrogens is 430 g/mol. The largest absolute Gasteiger partial charge is 0.493 e. The van der Waals surface area contributed by atoms with Gasteiger partial charge in [-0.25, -0.2) is 4.90 Å². The van der Waals surface area contributed by atoms with Crippen LogP contribution in [0.25, 0.3) is 5.57 Å². The summed E-state index contributed by atoms with van der Waals surface area (Å²) in [6, 6.07) is 21.4. The Morgan fingerprint density at radius 3 is 2.16 bits per heavy atom. The average Bonchev–Trinajstić information content (AvgIpc) is 3.06. The topological polar surface area (TPSA) is 65.1 Å². The number of hydrogen-bond acceptors (Lipinski definition) is 5. The van der Waals surface area contributed by atoms with Gasteiger partial charge in [0.25, 0.3) is 11.8 Å². The number of nitrogens with zero attached hydrogens (tertiary/aromatic N) is 1. The quantitative estimate of drug-likeness (QED) is 0.484. The normalized spacial score (nSPS) is 13.5. The summed E-state index contributed by atoms with van der Waals surface area (Å²) in [4.78, 5) is 27.0. The molecule has 1 aliphatic rings. The van der Waals surface area contributed by atoms with Gasteiger partial charge in [0, 0.05) is 0 Å². The van der Waals surface area contributed by atoms with E-state index < -0.39 is 11.8 Å². The van der Waals surface area contributed by atoms with Crippen LogP contribution in [0.2, 0.25) is 0 Å². The molecule has 0 saturated heterocycles. The summed E-state index contributed by atoms with van der Waals surface area (Å²) in [5, 5.41) is -0.147. The van der Waals surface area contributed by atoms with Gasteiger partial charge in [-0.05, 0) is 47.5 Å². The maximum atomic E-state index is 13.1. The molecule has 0 aromatic heterocycles. The summed E-state index contributed by atoms with van der Waals surface area (Å²) in [6.07, 6.45) is 0. The highest BCUT2D eigenvalue weighted by molar-refractivity contribution is 6.60. The van der Waals surface area contributed by atoms with E-state index in [-0.39, 0.29) is 10.6 Å². The van der Waals surface area contributed by atoms with E-state index in [1.54, 1.807) is 42.5 Å². The average molecular weight is 450 g/mol. The third kappa shape index (κ3) is 4.05. The van der Waals surface area contributed by atoms with Crippen LogP contribution in [-0.2, 0) is 16.2 Å². The van der Waals surface area contributed by atoms with Crippen LogP contribution in [0.3, 0.4) is 0 Å². The first-order valence-corrected chi connectivity index (χ1v) is 10.2. The molecule has 7 heteroatoms. The number of halogens is 1. The minimum atomic E-state index is -0.584. The highest BCUT2D eigenvalue weighted by Gasteiger charge is 2.39. The molecule has 1 heterocycles. The highest BCUT2D eigenvalue weighted by Crippen LogP contribution is 2.38. The molecule has 162 valence electrons. The lowest BCUT2D eigenvalue weighted by molar-refractivity contribution is -0.119. The summed E-state index contributed by atoms with van der Waals surface area (Å²) in [5.41, 5.74) is 2.02. The minimum absolute atomic E-state index is 0.113. The van der Waals surface area contributed by atoms with E-state index in [4.69, 9.17) is 25.8 Å². The van der Waals surface area contributed by atoms with Gasteiger partial charge in [0.15, 0.2) is 11.5 Å². The zero-order valence-electron chi connectivity index (χ0n) is 17.5. The molecule has 6 nitrogen and oxygen atoms in total. The fourth-order valence-electron chi connectivity index (χ4n) is 3.41. The molecule has 0 saturated carbocycles. The van der Waals surface area contributed by atoms with Crippen LogP contribution in [0.15, 0.2) is 77.8 Å². The number of imide groups is 1. The molecule has 0 N–H and O–H groups in total. The van der Waals surface area contributed by atoms with Crippen LogP contribution in [0.5, 0.6) is 17.2 Å². The fraction of sp³-hybridized carbons (Fsp3) is 0.120. The number of hydrogen-bond donors (Lipinski definition) is 0. The first-order valence-electron chi connectivity index (χ1n) is 9.81. The molecule has 32 heavy (non-hydrogen) atoms. The molecule has 0 bridgehead atoms. The van der Waals surface area contributed by atoms with E-state index in [2.05, 4.69) is 0 Å². The van der Waals surface area contributed by atoms with Crippen LogP contribution in [0, 0.1) is 0 Å². The molecule has 0 spiro atoms. The molecule has 4 rings (SSSR count). The van der Waals surface area contributed by atoms with Gasteiger partial charge in [-0.3, -0.25) is 9.59 Å². The van der Waals surface area contributed by atoms with Gasteiger partial charge in [0.2, 0.25) is 0 Å². The van der Waals surface area contributed by atoms with Crippen molar-refractivity contribution in [2.45, 2.75) is 6.61 Å². The summed E-state index contributed by atoms with van der Waals surface area (Å²) < 4.78 is 16.3. The van der Waals surface area contributed by atoms with Crippen molar-refractivity contribution in [2.75, 3.05) is 19.1 Å². The van der Waals surface area contributed by atoms with Crippen LogP contribution in [-0.4, -0.2) is 26.0 Å². The summed E-state index contributed by atoms with van der Waals surface area (Å²) >= 11 is 6.29. The maximum absolute atomic E-state index is 13.1. The second-order valence-electron chi connectivity index (χ2n) is 6.97. The predicted octanol–water partition coefficient (Wildman–Crippen LogP) is 4.81. The Hall–Kier alpha value is -3.77. The Labute approximate surface area is 190 Å². The summed E-state index contributed by atoms with van der Waals surface area (Å²) in [6.45, 7) is 0.415. The lowest BCUT2D eigenvalue weighted by Crippen LogP contribution is -2.31. The molecular formula is C25H20ClNO5. The SMILES string of the molecule is COc1ccc(C2=C(Cl)C(=O)N(c3ccc(OCc4ccccc4)cc3)C2=O)cc1OC. The lowest BCUT2D eigenvalue weighted by atomic mass is 10.1. The van der Waals surface area contributed by atoms with E-state index in [1.807, 2.05) is 30.3 Å². The molecule has 0 radical (unpaired) electrons. The molecule has 1 aliphatic heterocycles. The maximum Gasteiger partial charge on any atom is 0.277 e. The Bertz CT molecular complexity index is 1190. The second kappa shape index (κ2) is 9.16. The van der Waals surface area contributed by atoms with Crippen LogP contribution in [0.1, 0.15) is 11.1 Å². The van der Waals surface area contributed by atoms with Crippen LogP contribution >= 0.6 is 11.6 Å². The van der Waals surface area contributed by atoms with Crippen molar-refractivity contribution in [1.82, 2.24) is 0 Å². The Kier molecular flexibility index (Phi) is 6.14. The Morgan fingerprint density at radius 2 is 1.50 bits per heavy atom. The van der Waals surface area contributed by atoms with E-state index in [9.17, 15) is 9.59 Å². The molecule has 0 fully saturated rings. The molecule has 0 atom stereocenters. The van der Waals surface area contributed by atoms with Crippen LogP contribution in [0.4, 0.5) is 5.69 Å². The van der Waals surface area contributed by atoms with Gasteiger partial charge in [0.05, 0.1) is 25.5 Å². The van der Waals surface area contributed by atoms with E-state index in [0.29, 0.717) is 35.1 Å². The lowest BCUT2D eigenvalue weighted by Gasteiger charge is -2.16. The fourth-order valence-corrected chi connectivity index (χ4v) is 3.69. The van der Waals surface area contributed by atoms with Crippen molar-refractivity contribution in [3.05, 3.63) is 89.0 Å². The zero-order chi connectivity index (χ0) is 22.7. The number of benzene rings is 3. The first kappa shape index (κ1) is 21.5. The van der Waals surface area contributed by atoms with Gasteiger partial charge in [0.1, 0.15) is 17.4 Å². The third-order valence-electron chi connectivity index (χ3n) is 5.04. The molecule has 2 amide bonds. The number of carbonyl (C=O) groups is 2. The monoisotopic (exact) mass is 449 g/mol. The molecule has 3 aromatic rings. The number of carbonyl (C=O) groups excluding carboxylic acids is 2. The van der Waals surface area contributed by atoms with Crippen LogP contribution < -0.4 is 19.1 Å². The van der Waals surface area contributed by atoms with Crippen molar-refractivity contribution in [3.63, 3.8) is 0 Å². The van der Waals surface area contributed by atoms with E-state index >= 15 is 0 Å². The Morgan fingerprint density at radius 1 is 0.812 bits per heavy atom. The van der Waals surface area contributed by atoms with Gasteiger partial charge >= 0.3 is 0 Å². The van der Waals surface area contributed by atoms with Gasteiger partial charge in [-0.1, -0.05) is 48.0 Å². The predicted molar refractivity (Wildman–Crippen MR) is 122 cm³/mol. The first-order chi connectivity index (χ1) is 15.5. The number of anilines is 1. The number of ether oxygens (including phenoxy) is 3. The standard InChI is InChI=1S/C25H20ClNO5/c1-30-20-13-8-17(14-21(20)31-2)22-23(26)25(29)27(24(22)28)18-9-11-19(12-10-18)32-15-16-6-4-3-5-7-16/h3-14H,15H2,1-2H3. The summed E-state index contributed by atoms with van der Waals surface area (Å²) in [7, 11) is 3.01. The van der Waals surface area contributed by atoms with Crippen molar-refractivity contribution >= 4 is 34.7 Å². The summed E-state index contributed by atoms with van der Waals surface area (Å²) in [5.74, 6) is 0.466. The van der Waals surface area contributed by atoms with Crippen molar-refractivity contribution in [2.24, 2.45) is 0 Å². The Balaban J connectivity index is 1.54.